The van der Waals surface area contributed by atoms with Crippen LogP contribution in [-0.2, 0) is 13.0 Å². The first-order chi connectivity index (χ1) is 16.3. The van der Waals surface area contributed by atoms with Crippen LogP contribution in [0.1, 0.15) is 29.5 Å². The van der Waals surface area contributed by atoms with Gasteiger partial charge in [0.25, 0.3) is 0 Å². The fraction of sp³-hybridized carbons (Fsp3) is 0.222. The third-order valence-corrected chi connectivity index (χ3v) is 5.45. The standard InChI is InChI=1S/C27H30N6.HI/c1-2-29-27(31-19-23-13-14-26(30-18-23)33-16-15-28-21-33)32-20-25(24-11-7-4-8-12-24)17-22-9-5-3-6-10-22;/h3-16,18,21,25H,2,17,19-20H2,1H3,(H2,29,31,32);1H. The monoisotopic (exact) mass is 566 g/mol. The minimum absolute atomic E-state index is 0. The lowest BCUT2D eigenvalue weighted by Crippen LogP contribution is -2.39. The Labute approximate surface area is 218 Å². The van der Waals surface area contributed by atoms with E-state index >= 15 is 0 Å². The van der Waals surface area contributed by atoms with Gasteiger partial charge in [0.2, 0.25) is 0 Å². The van der Waals surface area contributed by atoms with Crippen LogP contribution in [0.4, 0.5) is 0 Å². The topological polar surface area (TPSA) is 67.1 Å². The molecule has 0 amide bonds. The molecule has 2 heterocycles. The van der Waals surface area contributed by atoms with Crippen molar-refractivity contribution in [1.29, 1.82) is 0 Å². The van der Waals surface area contributed by atoms with Gasteiger partial charge in [-0.3, -0.25) is 4.57 Å². The molecule has 0 fully saturated rings. The summed E-state index contributed by atoms with van der Waals surface area (Å²) in [6.07, 6.45) is 8.20. The van der Waals surface area contributed by atoms with Gasteiger partial charge in [0.05, 0.1) is 6.54 Å². The van der Waals surface area contributed by atoms with Crippen molar-refractivity contribution in [2.45, 2.75) is 25.8 Å². The lowest BCUT2D eigenvalue weighted by molar-refractivity contribution is 0.645. The molecule has 0 aliphatic heterocycles. The van der Waals surface area contributed by atoms with Crippen molar-refractivity contribution in [2.24, 2.45) is 4.99 Å². The molecule has 0 bridgehead atoms. The van der Waals surface area contributed by atoms with Crippen LogP contribution < -0.4 is 10.6 Å². The Morgan fingerprint density at radius 3 is 2.35 bits per heavy atom. The highest BCUT2D eigenvalue weighted by Crippen LogP contribution is 2.20. The molecule has 0 spiro atoms. The van der Waals surface area contributed by atoms with E-state index in [9.17, 15) is 0 Å². The SMILES string of the molecule is CCNC(=NCc1ccc(-n2ccnc2)nc1)NCC(Cc1ccccc1)c1ccccc1.I. The fourth-order valence-electron chi connectivity index (χ4n) is 3.72. The molecular weight excluding hydrogens is 535 g/mol. The van der Waals surface area contributed by atoms with E-state index < -0.39 is 0 Å². The van der Waals surface area contributed by atoms with Crippen LogP contribution in [0.2, 0.25) is 0 Å². The highest BCUT2D eigenvalue weighted by molar-refractivity contribution is 14.0. The number of hydrogen-bond donors (Lipinski definition) is 2. The van der Waals surface area contributed by atoms with Crippen LogP contribution in [0.25, 0.3) is 5.82 Å². The second kappa shape index (κ2) is 13.5. The normalized spacial score (nSPS) is 12.0. The van der Waals surface area contributed by atoms with Gasteiger partial charge in [-0.15, -0.1) is 24.0 Å². The van der Waals surface area contributed by atoms with E-state index in [4.69, 9.17) is 4.99 Å². The Hall–Kier alpha value is -3.20. The van der Waals surface area contributed by atoms with Crippen molar-refractivity contribution in [3.05, 3.63) is 114 Å². The summed E-state index contributed by atoms with van der Waals surface area (Å²) in [7, 11) is 0. The summed E-state index contributed by atoms with van der Waals surface area (Å²) in [5.74, 6) is 2.00. The van der Waals surface area contributed by atoms with Crippen LogP contribution in [0.3, 0.4) is 0 Å². The van der Waals surface area contributed by atoms with Gasteiger partial charge in [0.15, 0.2) is 5.96 Å². The summed E-state index contributed by atoms with van der Waals surface area (Å²) >= 11 is 0. The average molecular weight is 566 g/mol. The first-order valence-electron chi connectivity index (χ1n) is 11.4. The fourth-order valence-corrected chi connectivity index (χ4v) is 3.72. The van der Waals surface area contributed by atoms with E-state index in [1.54, 1.807) is 12.5 Å². The summed E-state index contributed by atoms with van der Waals surface area (Å²) in [4.78, 5) is 13.4. The predicted octanol–water partition coefficient (Wildman–Crippen LogP) is 4.97. The van der Waals surface area contributed by atoms with E-state index in [0.717, 1.165) is 36.9 Å². The van der Waals surface area contributed by atoms with Crippen molar-refractivity contribution in [1.82, 2.24) is 25.2 Å². The average Bonchev–Trinajstić information content (AvgIpc) is 3.41. The molecule has 2 aromatic carbocycles. The van der Waals surface area contributed by atoms with Crippen molar-refractivity contribution in [2.75, 3.05) is 13.1 Å². The predicted molar refractivity (Wildman–Crippen MR) is 149 cm³/mol. The third-order valence-electron chi connectivity index (χ3n) is 5.45. The molecule has 4 rings (SSSR count). The lowest BCUT2D eigenvalue weighted by Gasteiger charge is -2.20. The smallest absolute Gasteiger partial charge is 0.191 e. The van der Waals surface area contributed by atoms with Crippen molar-refractivity contribution < 1.29 is 0 Å². The maximum Gasteiger partial charge on any atom is 0.191 e. The molecular formula is C27H31IN6. The number of halogens is 1. The Kier molecular flexibility index (Phi) is 10.1. The Morgan fingerprint density at radius 1 is 0.941 bits per heavy atom. The number of imidazole rings is 1. The van der Waals surface area contributed by atoms with Gasteiger partial charge >= 0.3 is 0 Å². The highest BCUT2D eigenvalue weighted by atomic mass is 127. The largest absolute Gasteiger partial charge is 0.357 e. The third kappa shape index (κ3) is 7.41. The maximum atomic E-state index is 4.78. The van der Waals surface area contributed by atoms with Crippen LogP contribution in [0, 0.1) is 0 Å². The Balaban J connectivity index is 0.00000324. The molecule has 0 aliphatic carbocycles. The van der Waals surface area contributed by atoms with Gasteiger partial charge in [-0.2, -0.15) is 0 Å². The van der Waals surface area contributed by atoms with Crippen LogP contribution in [-0.4, -0.2) is 33.6 Å². The quantitative estimate of drug-likeness (QED) is 0.171. The van der Waals surface area contributed by atoms with E-state index in [-0.39, 0.29) is 24.0 Å². The van der Waals surface area contributed by atoms with Crippen molar-refractivity contribution in [3.63, 3.8) is 0 Å². The molecule has 176 valence electrons. The van der Waals surface area contributed by atoms with Gasteiger partial charge < -0.3 is 10.6 Å². The second-order valence-electron chi connectivity index (χ2n) is 7.87. The molecule has 7 heteroatoms. The zero-order valence-corrected chi connectivity index (χ0v) is 21.7. The number of rotatable bonds is 9. The van der Waals surface area contributed by atoms with E-state index in [1.165, 1.54) is 11.1 Å². The Morgan fingerprint density at radius 2 is 1.71 bits per heavy atom. The number of hydrogen-bond acceptors (Lipinski definition) is 3. The maximum absolute atomic E-state index is 4.78. The number of aliphatic imine (C=N–C) groups is 1. The van der Waals surface area contributed by atoms with Gasteiger partial charge in [-0.1, -0.05) is 66.7 Å². The molecule has 1 unspecified atom stereocenters. The number of benzene rings is 2. The Bertz CT molecular complexity index is 1110. The molecule has 6 nitrogen and oxygen atoms in total. The summed E-state index contributed by atoms with van der Waals surface area (Å²) in [6, 6.07) is 25.4. The first kappa shape index (κ1) is 25.4. The van der Waals surface area contributed by atoms with Crippen LogP contribution in [0.5, 0.6) is 0 Å². The first-order valence-corrected chi connectivity index (χ1v) is 11.4. The molecule has 4 aromatic rings. The summed E-state index contributed by atoms with van der Waals surface area (Å²) in [6.45, 7) is 4.24. The molecule has 0 saturated carbocycles. The number of aromatic nitrogens is 3. The molecule has 2 aromatic heterocycles. The van der Waals surface area contributed by atoms with Crippen LogP contribution in [0.15, 0.2) is 103 Å². The van der Waals surface area contributed by atoms with Gasteiger partial charge in [-0.25, -0.2) is 15.0 Å². The number of guanidine groups is 1. The number of nitrogens with zero attached hydrogens (tertiary/aromatic N) is 4. The number of pyridine rings is 1. The van der Waals surface area contributed by atoms with Crippen molar-refractivity contribution in [3.8, 4) is 5.82 Å². The minimum Gasteiger partial charge on any atom is -0.357 e. The van der Waals surface area contributed by atoms with Gasteiger partial charge in [0.1, 0.15) is 12.1 Å². The zero-order chi connectivity index (χ0) is 22.7. The van der Waals surface area contributed by atoms with Crippen LogP contribution >= 0.6 is 24.0 Å². The lowest BCUT2D eigenvalue weighted by atomic mass is 9.92. The molecule has 0 aliphatic rings. The summed E-state index contributed by atoms with van der Waals surface area (Å²) in [5.41, 5.74) is 3.71. The van der Waals surface area contributed by atoms with E-state index in [2.05, 4.69) is 94.3 Å². The van der Waals surface area contributed by atoms with Gasteiger partial charge in [0, 0.05) is 37.6 Å². The highest BCUT2D eigenvalue weighted by Gasteiger charge is 2.13. The second-order valence-corrected chi connectivity index (χ2v) is 7.87. The van der Waals surface area contributed by atoms with Gasteiger partial charge in [-0.05, 0) is 36.1 Å². The van der Waals surface area contributed by atoms with E-state index in [0.29, 0.717) is 12.5 Å². The zero-order valence-electron chi connectivity index (χ0n) is 19.3. The molecule has 1 atom stereocenters. The van der Waals surface area contributed by atoms with Crippen molar-refractivity contribution >= 4 is 29.9 Å². The summed E-state index contributed by atoms with van der Waals surface area (Å²) < 4.78 is 1.88. The minimum atomic E-state index is 0. The summed E-state index contributed by atoms with van der Waals surface area (Å²) in [5, 5.41) is 6.91. The molecule has 0 saturated heterocycles. The number of nitrogens with one attached hydrogen (secondary N) is 2. The molecule has 2 N–H and O–H groups in total. The molecule has 34 heavy (non-hydrogen) atoms. The van der Waals surface area contributed by atoms with E-state index in [1.807, 2.05) is 23.0 Å². The molecule has 0 radical (unpaired) electrons.